The van der Waals surface area contributed by atoms with E-state index in [2.05, 4.69) is 15.5 Å². The van der Waals surface area contributed by atoms with Crippen LogP contribution >= 0.6 is 22.9 Å². The minimum Gasteiger partial charge on any atom is -0.455 e. The number of aromatic nitrogens is 1. The van der Waals surface area contributed by atoms with E-state index in [1.807, 2.05) is 24.3 Å². The van der Waals surface area contributed by atoms with Crippen molar-refractivity contribution >= 4 is 50.2 Å². The molecule has 1 N–H and O–H groups in total. The van der Waals surface area contributed by atoms with Crippen molar-refractivity contribution in [2.45, 2.75) is 0 Å². The van der Waals surface area contributed by atoms with E-state index in [1.165, 1.54) is 29.7 Å². The first kappa shape index (κ1) is 17.2. The number of hydrazone groups is 1. The molecule has 0 saturated heterocycles. The Kier molecular flexibility index (Phi) is 4.57. The van der Waals surface area contributed by atoms with Crippen molar-refractivity contribution in [3.8, 4) is 11.3 Å². The highest BCUT2D eigenvalue weighted by Gasteiger charge is 2.13. The lowest BCUT2D eigenvalue weighted by atomic mass is 10.1. The van der Waals surface area contributed by atoms with Crippen molar-refractivity contribution in [1.29, 1.82) is 0 Å². The van der Waals surface area contributed by atoms with Crippen molar-refractivity contribution in [1.82, 2.24) is 4.98 Å². The number of anilines is 1. The van der Waals surface area contributed by atoms with Gasteiger partial charge >= 0.3 is 0 Å². The number of furan rings is 1. The lowest BCUT2D eigenvalue weighted by Crippen LogP contribution is -1.88. The van der Waals surface area contributed by atoms with Crippen molar-refractivity contribution in [2.75, 3.05) is 5.43 Å². The molecule has 0 aliphatic heterocycles. The van der Waals surface area contributed by atoms with Crippen molar-refractivity contribution in [2.24, 2.45) is 5.10 Å². The third kappa shape index (κ3) is 3.67. The van der Waals surface area contributed by atoms with Crippen LogP contribution in [0, 0.1) is 10.1 Å². The van der Waals surface area contributed by atoms with Gasteiger partial charge in [-0.05, 0) is 30.3 Å². The van der Waals surface area contributed by atoms with Gasteiger partial charge in [0.1, 0.15) is 11.5 Å². The second-order valence-electron chi connectivity index (χ2n) is 5.48. The Balaban J connectivity index is 1.49. The molecule has 0 unspecified atom stereocenters. The predicted octanol–water partition coefficient (Wildman–Crippen LogP) is 5.56. The van der Waals surface area contributed by atoms with Crippen LogP contribution in [0.5, 0.6) is 0 Å². The number of rotatable bonds is 5. The lowest BCUT2D eigenvalue weighted by molar-refractivity contribution is -0.384. The van der Waals surface area contributed by atoms with Gasteiger partial charge in [0.15, 0.2) is 0 Å². The zero-order valence-corrected chi connectivity index (χ0v) is 15.2. The molecule has 0 spiro atoms. The van der Waals surface area contributed by atoms with Crippen LogP contribution in [-0.4, -0.2) is 16.1 Å². The Morgan fingerprint density at radius 2 is 2.07 bits per heavy atom. The number of nitrogens with zero attached hydrogens (tertiary/aromatic N) is 3. The largest absolute Gasteiger partial charge is 0.455 e. The molecule has 27 heavy (non-hydrogen) atoms. The average Bonchev–Trinajstić information content (AvgIpc) is 3.28. The summed E-state index contributed by atoms with van der Waals surface area (Å²) >= 11 is 7.62. The molecule has 0 radical (unpaired) electrons. The molecule has 0 aliphatic carbocycles. The molecule has 134 valence electrons. The molecular weight excluding hydrogens is 388 g/mol. The SMILES string of the molecule is O=[N+]([O-])c1ccc(-c2ccc(/C=N\Nc3nc4ccccc4s3)o2)c(Cl)c1. The molecule has 7 nitrogen and oxygen atoms in total. The minimum absolute atomic E-state index is 0.0721. The highest BCUT2D eigenvalue weighted by Crippen LogP contribution is 2.32. The van der Waals surface area contributed by atoms with Crippen LogP contribution in [0.2, 0.25) is 5.02 Å². The summed E-state index contributed by atoms with van der Waals surface area (Å²) in [6.45, 7) is 0. The number of hydrogen-bond acceptors (Lipinski definition) is 7. The first-order valence-electron chi connectivity index (χ1n) is 7.79. The maximum Gasteiger partial charge on any atom is 0.270 e. The highest BCUT2D eigenvalue weighted by molar-refractivity contribution is 7.22. The van der Waals surface area contributed by atoms with Gasteiger partial charge < -0.3 is 4.42 Å². The molecule has 0 atom stereocenters. The van der Waals surface area contributed by atoms with Crippen LogP contribution in [0.1, 0.15) is 5.76 Å². The van der Waals surface area contributed by atoms with Gasteiger partial charge in [0, 0.05) is 17.7 Å². The minimum atomic E-state index is -0.496. The standard InChI is InChI=1S/C18H11ClN4O3S/c19-14-9-11(23(24)25)5-7-13(14)16-8-6-12(26-16)10-20-22-18-21-15-3-1-2-4-17(15)27-18/h1-10H,(H,21,22)/b20-10-. The molecule has 0 aliphatic rings. The van der Waals surface area contributed by atoms with Gasteiger partial charge in [0.25, 0.3) is 5.69 Å². The van der Waals surface area contributed by atoms with Crippen LogP contribution < -0.4 is 5.43 Å². The van der Waals surface area contributed by atoms with E-state index in [-0.39, 0.29) is 10.7 Å². The second kappa shape index (κ2) is 7.18. The monoisotopic (exact) mass is 398 g/mol. The average molecular weight is 399 g/mol. The Morgan fingerprint density at radius 1 is 1.22 bits per heavy atom. The molecule has 0 saturated carbocycles. The third-order valence-corrected chi connectivity index (χ3v) is 4.96. The topological polar surface area (TPSA) is 93.6 Å². The molecule has 0 bridgehead atoms. The van der Waals surface area contributed by atoms with Crippen LogP contribution in [0.25, 0.3) is 21.5 Å². The fourth-order valence-corrected chi connectivity index (χ4v) is 3.54. The Morgan fingerprint density at radius 3 is 2.85 bits per heavy atom. The van der Waals surface area contributed by atoms with Crippen molar-refractivity contribution < 1.29 is 9.34 Å². The third-order valence-electron chi connectivity index (χ3n) is 3.70. The van der Waals surface area contributed by atoms with Gasteiger partial charge in [-0.2, -0.15) is 5.10 Å². The number of nitro benzene ring substituents is 1. The molecule has 2 aromatic heterocycles. The van der Waals surface area contributed by atoms with E-state index in [0.29, 0.717) is 22.2 Å². The van der Waals surface area contributed by atoms with Crippen LogP contribution in [0.4, 0.5) is 10.8 Å². The van der Waals surface area contributed by atoms with E-state index in [1.54, 1.807) is 18.2 Å². The van der Waals surface area contributed by atoms with E-state index in [9.17, 15) is 10.1 Å². The number of para-hydroxylation sites is 1. The van der Waals surface area contributed by atoms with Gasteiger partial charge in [-0.15, -0.1) is 0 Å². The van der Waals surface area contributed by atoms with Gasteiger partial charge in [0.2, 0.25) is 5.13 Å². The zero-order valence-electron chi connectivity index (χ0n) is 13.6. The van der Waals surface area contributed by atoms with Crippen molar-refractivity contribution in [3.05, 3.63) is 75.5 Å². The maximum atomic E-state index is 10.8. The Bertz CT molecular complexity index is 1140. The molecule has 2 aromatic carbocycles. The van der Waals surface area contributed by atoms with E-state index >= 15 is 0 Å². The lowest BCUT2D eigenvalue weighted by Gasteiger charge is -2.00. The smallest absolute Gasteiger partial charge is 0.270 e. The number of thiazole rings is 1. The van der Waals surface area contributed by atoms with Gasteiger partial charge in [-0.1, -0.05) is 35.1 Å². The van der Waals surface area contributed by atoms with Gasteiger partial charge in [0.05, 0.1) is 26.4 Å². The molecule has 9 heteroatoms. The summed E-state index contributed by atoms with van der Waals surface area (Å²) in [4.78, 5) is 14.7. The molecule has 0 amide bonds. The molecular formula is C18H11ClN4O3S. The van der Waals surface area contributed by atoms with E-state index in [0.717, 1.165) is 10.2 Å². The van der Waals surface area contributed by atoms with E-state index < -0.39 is 4.92 Å². The van der Waals surface area contributed by atoms with Crippen LogP contribution in [0.15, 0.2) is 64.1 Å². The number of nitrogens with one attached hydrogen (secondary N) is 1. The second-order valence-corrected chi connectivity index (χ2v) is 6.92. The Labute approximate surface area is 162 Å². The molecule has 4 aromatic rings. The highest BCUT2D eigenvalue weighted by atomic mass is 35.5. The number of non-ortho nitro benzene ring substituents is 1. The summed E-state index contributed by atoms with van der Waals surface area (Å²) < 4.78 is 6.76. The first-order valence-corrected chi connectivity index (χ1v) is 8.98. The summed E-state index contributed by atoms with van der Waals surface area (Å²) in [5.74, 6) is 1.00. The fraction of sp³-hybridized carbons (Fsp3) is 0. The predicted molar refractivity (Wildman–Crippen MR) is 107 cm³/mol. The van der Waals surface area contributed by atoms with Crippen LogP contribution in [0.3, 0.4) is 0 Å². The zero-order chi connectivity index (χ0) is 18.8. The number of fused-ring (bicyclic) bond motifs is 1. The summed E-state index contributed by atoms with van der Waals surface area (Å²) in [6, 6.07) is 15.5. The van der Waals surface area contributed by atoms with Crippen LogP contribution in [-0.2, 0) is 0 Å². The summed E-state index contributed by atoms with van der Waals surface area (Å²) in [6.07, 6.45) is 1.52. The number of nitro groups is 1. The number of halogens is 1. The quantitative estimate of drug-likeness (QED) is 0.269. The Hall–Kier alpha value is -3.23. The number of hydrogen-bond donors (Lipinski definition) is 1. The first-order chi connectivity index (χ1) is 13.1. The normalized spacial score (nSPS) is 11.3. The number of benzene rings is 2. The molecule has 2 heterocycles. The van der Waals surface area contributed by atoms with Gasteiger partial charge in [-0.25, -0.2) is 4.98 Å². The maximum absolute atomic E-state index is 10.8. The fourth-order valence-electron chi connectivity index (χ4n) is 2.46. The summed E-state index contributed by atoms with van der Waals surface area (Å²) in [5.41, 5.74) is 4.29. The molecule has 0 fully saturated rings. The van der Waals surface area contributed by atoms with Crippen molar-refractivity contribution in [3.63, 3.8) is 0 Å². The molecule has 4 rings (SSSR count). The summed E-state index contributed by atoms with van der Waals surface area (Å²) in [5, 5.41) is 15.8. The summed E-state index contributed by atoms with van der Waals surface area (Å²) in [7, 11) is 0. The van der Waals surface area contributed by atoms with Gasteiger partial charge in [-0.3, -0.25) is 15.5 Å². The van der Waals surface area contributed by atoms with E-state index in [4.69, 9.17) is 16.0 Å².